The van der Waals surface area contributed by atoms with Gasteiger partial charge in [0, 0.05) is 12.6 Å². The fourth-order valence-electron chi connectivity index (χ4n) is 2.69. The monoisotopic (exact) mass is 208 g/mol. The summed E-state index contributed by atoms with van der Waals surface area (Å²) in [5.74, 6) is 2.18. The van der Waals surface area contributed by atoms with Gasteiger partial charge in [0.25, 0.3) is 0 Å². The second-order valence-corrected chi connectivity index (χ2v) is 5.40. The Balaban J connectivity index is 1.55. The molecular formula is C12H20N2O. The third-order valence-corrected chi connectivity index (χ3v) is 4.00. The van der Waals surface area contributed by atoms with Crippen LogP contribution in [0.5, 0.6) is 0 Å². The van der Waals surface area contributed by atoms with Gasteiger partial charge in [-0.2, -0.15) is 0 Å². The van der Waals surface area contributed by atoms with Gasteiger partial charge in [0.05, 0.1) is 5.92 Å². The van der Waals surface area contributed by atoms with Crippen LogP contribution in [0, 0.1) is 17.8 Å². The van der Waals surface area contributed by atoms with E-state index in [0.29, 0.717) is 11.9 Å². The molecule has 1 atom stereocenters. The van der Waals surface area contributed by atoms with E-state index in [-0.39, 0.29) is 5.92 Å². The van der Waals surface area contributed by atoms with E-state index in [4.69, 9.17) is 0 Å². The number of hydrogen-bond acceptors (Lipinski definition) is 2. The summed E-state index contributed by atoms with van der Waals surface area (Å²) in [7, 11) is 0. The summed E-state index contributed by atoms with van der Waals surface area (Å²) in [6.07, 6.45) is 6.37. The summed E-state index contributed by atoms with van der Waals surface area (Å²) in [5, 5.41) is 6.56. The van der Waals surface area contributed by atoms with Gasteiger partial charge in [-0.15, -0.1) is 0 Å². The molecule has 1 unspecified atom stereocenters. The summed E-state index contributed by atoms with van der Waals surface area (Å²) in [6, 6.07) is 0.526. The Morgan fingerprint density at radius 1 is 1.13 bits per heavy atom. The molecule has 1 saturated heterocycles. The number of carbonyl (C=O) groups excluding carboxylic acids is 1. The normalized spacial score (nSPS) is 30.9. The van der Waals surface area contributed by atoms with E-state index in [0.717, 1.165) is 31.3 Å². The van der Waals surface area contributed by atoms with Crippen molar-refractivity contribution >= 4 is 5.91 Å². The molecule has 3 heteroatoms. The van der Waals surface area contributed by atoms with E-state index in [1.165, 1.54) is 25.7 Å². The molecule has 1 amide bonds. The van der Waals surface area contributed by atoms with Crippen molar-refractivity contribution < 1.29 is 4.79 Å². The third kappa shape index (κ3) is 2.17. The average Bonchev–Trinajstić information content (AvgIpc) is 3.15. The van der Waals surface area contributed by atoms with Gasteiger partial charge in [0.15, 0.2) is 0 Å². The fraction of sp³-hybridized carbons (Fsp3) is 0.917. The van der Waals surface area contributed by atoms with Crippen molar-refractivity contribution in [3.05, 3.63) is 0 Å². The molecule has 1 heterocycles. The van der Waals surface area contributed by atoms with Crippen LogP contribution in [0.4, 0.5) is 0 Å². The maximum Gasteiger partial charge on any atom is 0.224 e. The first-order valence-electron chi connectivity index (χ1n) is 6.35. The van der Waals surface area contributed by atoms with Crippen molar-refractivity contribution in [2.24, 2.45) is 17.8 Å². The minimum atomic E-state index is 0.241. The lowest BCUT2D eigenvalue weighted by atomic mass is 10.0. The van der Waals surface area contributed by atoms with Crippen LogP contribution in [0.25, 0.3) is 0 Å². The highest BCUT2D eigenvalue weighted by Crippen LogP contribution is 2.44. The summed E-state index contributed by atoms with van der Waals surface area (Å²) >= 11 is 0. The van der Waals surface area contributed by atoms with Crippen LogP contribution >= 0.6 is 0 Å². The first kappa shape index (κ1) is 9.64. The molecule has 3 nitrogen and oxygen atoms in total. The van der Waals surface area contributed by atoms with Crippen LogP contribution < -0.4 is 10.6 Å². The van der Waals surface area contributed by atoms with E-state index >= 15 is 0 Å². The molecule has 3 rings (SSSR count). The molecule has 0 aromatic heterocycles. The number of rotatable bonds is 4. The maximum absolute atomic E-state index is 12.0. The van der Waals surface area contributed by atoms with Gasteiger partial charge in [-0.05, 0) is 50.5 Å². The van der Waals surface area contributed by atoms with Crippen LogP contribution in [0.15, 0.2) is 0 Å². The average molecular weight is 208 g/mol. The summed E-state index contributed by atoms with van der Waals surface area (Å²) in [4.78, 5) is 12.0. The second-order valence-electron chi connectivity index (χ2n) is 5.40. The smallest absolute Gasteiger partial charge is 0.224 e. The Labute approximate surface area is 91.0 Å². The zero-order valence-electron chi connectivity index (χ0n) is 9.17. The topological polar surface area (TPSA) is 41.1 Å². The first-order valence-corrected chi connectivity index (χ1v) is 6.35. The third-order valence-electron chi connectivity index (χ3n) is 4.00. The molecule has 0 aromatic carbocycles. The fourth-order valence-corrected chi connectivity index (χ4v) is 2.69. The molecule has 1 aliphatic heterocycles. The first-order chi connectivity index (χ1) is 7.34. The highest BCUT2D eigenvalue weighted by Gasteiger charge is 2.42. The van der Waals surface area contributed by atoms with Crippen LogP contribution in [0.3, 0.4) is 0 Å². The SMILES string of the molecule is O=C(NC(C1CC1)C1CC1)C1CCNC1. The summed E-state index contributed by atoms with van der Waals surface area (Å²) in [6.45, 7) is 1.89. The van der Waals surface area contributed by atoms with Gasteiger partial charge < -0.3 is 10.6 Å². The van der Waals surface area contributed by atoms with Crippen molar-refractivity contribution in [3.63, 3.8) is 0 Å². The second kappa shape index (κ2) is 3.78. The zero-order chi connectivity index (χ0) is 10.3. The largest absolute Gasteiger partial charge is 0.353 e. The van der Waals surface area contributed by atoms with Crippen LogP contribution in [0.2, 0.25) is 0 Å². The van der Waals surface area contributed by atoms with Crippen molar-refractivity contribution in [1.29, 1.82) is 0 Å². The molecule has 2 saturated carbocycles. The summed E-state index contributed by atoms with van der Waals surface area (Å²) < 4.78 is 0. The molecular weight excluding hydrogens is 188 g/mol. The number of nitrogens with one attached hydrogen (secondary N) is 2. The van der Waals surface area contributed by atoms with Gasteiger partial charge in [-0.1, -0.05) is 0 Å². The molecule has 3 fully saturated rings. The van der Waals surface area contributed by atoms with Crippen LogP contribution in [-0.2, 0) is 4.79 Å². The zero-order valence-corrected chi connectivity index (χ0v) is 9.17. The highest BCUT2D eigenvalue weighted by atomic mass is 16.2. The minimum absolute atomic E-state index is 0.241. The molecule has 15 heavy (non-hydrogen) atoms. The van der Waals surface area contributed by atoms with Crippen LogP contribution in [0.1, 0.15) is 32.1 Å². The number of carbonyl (C=O) groups is 1. The Kier molecular flexibility index (Phi) is 2.43. The molecule has 0 bridgehead atoms. The molecule has 84 valence electrons. The predicted octanol–water partition coefficient (Wildman–Crippen LogP) is 0.901. The van der Waals surface area contributed by atoms with Gasteiger partial charge in [0.1, 0.15) is 0 Å². The van der Waals surface area contributed by atoms with E-state index < -0.39 is 0 Å². The maximum atomic E-state index is 12.0. The number of amides is 1. The van der Waals surface area contributed by atoms with E-state index in [1.807, 2.05) is 0 Å². The highest BCUT2D eigenvalue weighted by molar-refractivity contribution is 5.79. The Hall–Kier alpha value is -0.570. The molecule has 0 aromatic rings. The van der Waals surface area contributed by atoms with Crippen molar-refractivity contribution in [2.45, 2.75) is 38.1 Å². The molecule has 2 N–H and O–H groups in total. The lowest BCUT2D eigenvalue weighted by molar-refractivity contribution is -0.125. The molecule has 2 aliphatic carbocycles. The molecule has 0 radical (unpaired) electrons. The van der Waals surface area contributed by atoms with Crippen molar-refractivity contribution in [1.82, 2.24) is 10.6 Å². The van der Waals surface area contributed by atoms with Gasteiger partial charge >= 0.3 is 0 Å². The Bertz CT molecular complexity index is 240. The molecule has 0 spiro atoms. The van der Waals surface area contributed by atoms with Crippen molar-refractivity contribution in [3.8, 4) is 0 Å². The Morgan fingerprint density at radius 2 is 1.80 bits per heavy atom. The van der Waals surface area contributed by atoms with Gasteiger partial charge in [-0.25, -0.2) is 0 Å². The minimum Gasteiger partial charge on any atom is -0.353 e. The van der Waals surface area contributed by atoms with Crippen molar-refractivity contribution in [2.75, 3.05) is 13.1 Å². The Morgan fingerprint density at radius 3 is 2.27 bits per heavy atom. The number of hydrogen-bond donors (Lipinski definition) is 2. The van der Waals surface area contributed by atoms with Crippen LogP contribution in [-0.4, -0.2) is 25.0 Å². The van der Waals surface area contributed by atoms with E-state index in [1.54, 1.807) is 0 Å². The molecule has 3 aliphatic rings. The standard InChI is InChI=1S/C12H20N2O/c15-12(10-5-6-13-7-10)14-11(8-1-2-8)9-3-4-9/h8-11,13H,1-7H2,(H,14,15). The van der Waals surface area contributed by atoms with E-state index in [2.05, 4.69) is 10.6 Å². The van der Waals surface area contributed by atoms with Gasteiger partial charge in [-0.3, -0.25) is 4.79 Å². The summed E-state index contributed by atoms with van der Waals surface area (Å²) in [5.41, 5.74) is 0. The predicted molar refractivity (Wildman–Crippen MR) is 58.4 cm³/mol. The lowest BCUT2D eigenvalue weighted by Gasteiger charge is -2.19. The lowest BCUT2D eigenvalue weighted by Crippen LogP contribution is -2.42. The quantitative estimate of drug-likeness (QED) is 0.720. The van der Waals surface area contributed by atoms with Gasteiger partial charge in [0.2, 0.25) is 5.91 Å². The van der Waals surface area contributed by atoms with E-state index in [9.17, 15) is 4.79 Å².